The third-order valence-corrected chi connectivity index (χ3v) is 2.49. The average molecular weight is 236 g/mol. The highest BCUT2D eigenvalue weighted by Crippen LogP contribution is 2.20. The molecule has 0 spiro atoms. The predicted molar refractivity (Wildman–Crippen MR) is 61.4 cm³/mol. The minimum absolute atomic E-state index is 0.00138. The maximum absolute atomic E-state index is 10.7. The van der Waals surface area contributed by atoms with Gasteiger partial charge in [-0.1, -0.05) is 0 Å². The Hall–Kier alpha value is -1.99. The summed E-state index contributed by atoms with van der Waals surface area (Å²) < 4.78 is 1.51. The van der Waals surface area contributed by atoms with Crippen LogP contribution in [0.3, 0.4) is 0 Å². The Labute approximate surface area is 96.6 Å². The van der Waals surface area contributed by atoms with Crippen molar-refractivity contribution in [3.8, 4) is 0 Å². The van der Waals surface area contributed by atoms with Gasteiger partial charge in [0.2, 0.25) is 0 Å². The zero-order valence-corrected chi connectivity index (χ0v) is 8.98. The van der Waals surface area contributed by atoms with Crippen molar-refractivity contribution in [2.75, 3.05) is 6.54 Å². The van der Waals surface area contributed by atoms with Crippen LogP contribution in [0.1, 0.15) is 0 Å². The van der Waals surface area contributed by atoms with Gasteiger partial charge in [-0.2, -0.15) is 5.10 Å². The Bertz CT molecular complexity index is 551. The van der Waals surface area contributed by atoms with Crippen LogP contribution in [-0.4, -0.2) is 32.5 Å². The van der Waals surface area contributed by atoms with Crippen LogP contribution in [0, 0.1) is 10.1 Å². The third-order valence-electron chi connectivity index (χ3n) is 2.49. The zero-order chi connectivity index (χ0) is 12.4. The van der Waals surface area contributed by atoms with E-state index in [0.29, 0.717) is 5.52 Å². The fourth-order valence-electron chi connectivity index (χ4n) is 1.59. The molecule has 0 aliphatic rings. The van der Waals surface area contributed by atoms with Crippen molar-refractivity contribution in [1.82, 2.24) is 9.78 Å². The van der Waals surface area contributed by atoms with E-state index < -0.39 is 11.0 Å². The van der Waals surface area contributed by atoms with Crippen LogP contribution in [0.5, 0.6) is 0 Å². The third kappa shape index (κ3) is 2.24. The fourth-order valence-corrected chi connectivity index (χ4v) is 1.59. The molecule has 1 aromatic heterocycles. The van der Waals surface area contributed by atoms with E-state index in [1.165, 1.54) is 16.8 Å². The number of aromatic nitrogens is 2. The number of fused-ring (bicyclic) bond motifs is 1. The molecule has 0 fully saturated rings. The molecule has 90 valence electrons. The summed E-state index contributed by atoms with van der Waals surface area (Å²) in [5.41, 5.74) is 5.93. The van der Waals surface area contributed by atoms with Gasteiger partial charge in [0, 0.05) is 24.1 Å². The van der Waals surface area contributed by atoms with Crippen LogP contribution in [0.4, 0.5) is 5.69 Å². The molecule has 1 aromatic carbocycles. The molecule has 3 N–H and O–H groups in total. The topological polar surface area (TPSA) is 107 Å². The summed E-state index contributed by atoms with van der Waals surface area (Å²) in [6.45, 7) is 0.345. The van der Waals surface area contributed by atoms with Crippen LogP contribution < -0.4 is 5.73 Å². The molecule has 2 rings (SSSR count). The van der Waals surface area contributed by atoms with Gasteiger partial charge < -0.3 is 10.8 Å². The van der Waals surface area contributed by atoms with Crippen molar-refractivity contribution in [2.24, 2.45) is 5.73 Å². The molecule has 0 amide bonds. The number of rotatable bonds is 4. The minimum Gasteiger partial charge on any atom is -0.390 e. The second-order valence-electron chi connectivity index (χ2n) is 3.72. The number of benzene rings is 1. The van der Waals surface area contributed by atoms with Crippen molar-refractivity contribution in [1.29, 1.82) is 0 Å². The number of aliphatic hydroxyl groups excluding tert-OH is 1. The number of nitrogens with two attached hydrogens (primary N) is 1. The molecule has 1 unspecified atom stereocenters. The normalized spacial score (nSPS) is 12.8. The molecule has 7 nitrogen and oxygen atoms in total. The van der Waals surface area contributed by atoms with E-state index in [1.54, 1.807) is 12.3 Å². The van der Waals surface area contributed by atoms with Gasteiger partial charge in [0.25, 0.3) is 5.69 Å². The molecule has 0 aliphatic heterocycles. The molecular weight excluding hydrogens is 224 g/mol. The largest absolute Gasteiger partial charge is 0.390 e. The van der Waals surface area contributed by atoms with Gasteiger partial charge in [0.15, 0.2) is 0 Å². The van der Waals surface area contributed by atoms with Crippen LogP contribution >= 0.6 is 0 Å². The van der Waals surface area contributed by atoms with Crippen LogP contribution in [-0.2, 0) is 6.54 Å². The number of aliphatic hydroxyl groups is 1. The highest BCUT2D eigenvalue weighted by atomic mass is 16.6. The molecule has 1 heterocycles. The van der Waals surface area contributed by atoms with Crippen molar-refractivity contribution in [3.05, 3.63) is 34.5 Å². The molecule has 0 saturated carbocycles. The first-order chi connectivity index (χ1) is 8.11. The Balaban J connectivity index is 2.43. The first-order valence-electron chi connectivity index (χ1n) is 5.10. The van der Waals surface area contributed by atoms with E-state index >= 15 is 0 Å². The number of nitro benzene ring substituents is 1. The number of hydrogen-bond donors (Lipinski definition) is 2. The zero-order valence-electron chi connectivity index (χ0n) is 8.98. The van der Waals surface area contributed by atoms with Gasteiger partial charge in [-0.25, -0.2) is 0 Å². The SMILES string of the molecule is NCC(O)Cn1ncc2ccc([N+](=O)[O-])cc21. The van der Waals surface area contributed by atoms with Crippen molar-refractivity contribution < 1.29 is 10.0 Å². The van der Waals surface area contributed by atoms with Crippen LogP contribution in [0.15, 0.2) is 24.4 Å². The maximum Gasteiger partial charge on any atom is 0.271 e. The smallest absolute Gasteiger partial charge is 0.271 e. The monoisotopic (exact) mass is 236 g/mol. The number of nitrogens with zero attached hydrogens (tertiary/aromatic N) is 3. The van der Waals surface area contributed by atoms with Gasteiger partial charge >= 0.3 is 0 Å². The van der Waals surface area contributed by atoms with E-state index in [9.17, 15) is 15.2 Å². The second kappa shape index (κ2) is 4.48. The molecule has 0 aliphatic carbocycles. The lowest BCUT2D eigenvalue weighted by Crippen LogP contribution is -2.25. The molecular formula is C10H12N4O3. The predicted octanol–water partition coefficient (Wildman–Crippen LogP) is 0.264. The quantitative estimate of drug-likeness (QED) is 0.585. The standard InChI is InChI=1S/C10H12N4O3/c11-4-9(15)6-13-10-3-8(14(16)17)2-1-7(10)5-12-13/h1-3,5,9,15H,4,6,11H2. The molecule has 17 heavy (non-hydrogen) atoms. The van der Waals surface area contributed by atoms with Gasteiger partial charge in [0.05, 0.1) is 29.3 Å². The summed E-state index contributed by atoms with van der Waals surface area (Å²) in [6.07, 6.45) is 0.889. The van der Waals surface area contributed by atoms with Crippen LogP contribution in [0.2, 0.25) is 0 Å². The minimum atomic E-state index is -0.711. The van der Waals surface area contributed by atoms with Crippen molar-refractivity contribution in [2.45, 2.75) is 12.6 Å². The van der Waals surface area contributed by atoms with Gasteiger partial charge in [-0.15, -0.1) is 0 Å². The summed E-state index contributed by atoms with van der Waals surface area (Å²) in [5, 5.41) is 25.0. The second-order valence-corrected chi connectivity index (χ2v) is 3.72. The molecule has 7 heteroatoms. The molecule has 0 radical (unpaired) electrons. The molecule has 1 atom stereocenters. The number of hydrogen-bond acceptors (Lipinski definition) is 5. The summed E-state index contributed by atoms with van der Waals surface area (Å²) in [7, 11) is 0. The highest BCUT2D eigenvalue weighted by Gasteiger charge is 2.11. The van der Waals surface area contributed by atoms with Crippen LogP contribution in [0.25, 0.3) is 10.9 Å². The van der Waals surface area contributed by atoms with Gasteiger partial charge in [0.1, 0.15) is 0 Å². The highest BCUT2D eigenvalue weighted by molar-refractivity contribution is 5.80. The van der Waals surface area contributed by atoms with Crippen molar-refractivity contribution in [3.63, 3.8) is 0 Å². The molecule has 0 saturated heterocycles. The Morgan fingerprint density at radius 2 is 2.35 bits per heavy atom. The van der Waals surface area contributed by atoms with Gasteiger partial charge in [-0.05, 0) is 6.07 Å². The summed E-state index contributed by atoms with van der Waals surface area (Å²) in [5.74, 6) is 0. The Kier molecular flexibility index (Phi) is 3.03. The first kappa shape index (κ1) is 11.5. The molecule has 0 bridgehead atoms. The van der Waals surface area contributed by atoms with E-state index in [-0.39, 0.29) is 18.8 Å². The number of non-ortho nitro benzene ring substituents is 1. The van der Waals surface area contributed by atoms with Gasteiger partial charge in [-0.3, -0.25) is 14.8 Å². The lowest BCUT2D eigenvalue weighted by molar-refractivity contribution is -0.384. The Morgan fingerprint density at radius 3 is 3.00 bits per heavy atom. The lowest BCUT2D eigenvalue weighted by Gasteiger charge is -2.08. The molecule has 2 aromatic rings. The van der Waals surface area contributed by atoms with E-state index in [1.807, 2.05) is 0 Å². The first-order valence-corrected chi connectivity index (χ1v) is 5.10. The maximum atomic E-state index is 10.7. The number of nitro groups is 1. The summed E-state index contributed by atoms with van der Waals surface area (Å²) >= 11 is 0. The Morgan fingerprint density at radius 1 is 1.59 bits per heavy atom. The van der Waals surface area contributed by atoms with Crippen molar-refractivity contribution >= 4 is 16.6 Å². The summed E-state index contributed by atoms with van der Waals surface area (Å²) in [6, 6.07) is 4.49. The average Bonchev–Trinajstić information content (AvgIpc) is 2.71. The van der Waals surface area contributed by atoms with E-state index in [4.69, 9.17) is 5.73 Å². The summed E-state index contributed by atoms with van der Waals surface area (Å²) in [4.78, 5) is 10.2. The lowest BCUT2D eigenvalue weighted by atomic mass is 10.2. The van der Waals surface area contributed by atoms with E-state index in [0.717, 1.165) is 5.39 Å². The fraction of sp³-hybridized carbons (Fsp3) is 0.300. The van der Waals surface area contributed by atoms with E-state index in [2.05, 4.69) is 5.10 Å².